The minimum atomic E-state index is -0.332. The second-order valence-electron chi connectivity index (χ2n) is 7.82. The number of benzene rings is 2. The van der Waals surface area contributed by atoms with Crippen molar-refractivity contribution < 1.29 is 14.0 Å². The maximum Gasteiger partial charge on any atom is 0.263 e. The lowest BCUT2D eigenvalue weighted by Gasteiger charge is -2.17. The number of anilines is 1. The van der Waals surface area contributed by atoms with Crippen molar-refractivity contribution in [3.8, 4) is 0 Å². The molecule has 2 aromatic carbocycles. The number of likely N-dealkylation sites (tertiary alicyclic amines) is 1. The van der Waals surface area contributed by atoms with Crippen LogP contribution >= 0.6 is 11.3 Å². The standard InChI is InChI=1S/C23H24FN3O2S/c1-26(2)23(29)22-21(18-5-3-4-6-19(18)30-22)15-11-12-27(13-15)14-20(28)25-17-9-7-16(24)8-10-17/h3-10,15H,11-14H2,1-2H3,(H,25,28)/t15-/m0/s1. The number of amides is 2. The van der Waals surface area contributed by atoms with E-state index in [1.54, 1.807) is 42.5 Å². The molecule has 1 N–H and O–H groups in total. The van der Waals surface area contributed by atoms with Gasteiger partial charge in [0, 0.05) is 36.9 Å². The van der Waals surface area contributed by atoms with Crippen LogP contribution in [0.4, 0.5) is 10.1 Å². The van der Waals surface area contributed by atoms with E-state index in [0.717, 1.165) is 40.0 Å². The number of nitrogens with zero attached hydrogens (tertiary/aromatic N) is 2. The van der Waals surface area contributed by atoms with Gasteiger partial charge in [0.15, 0.2) is 0 Å². The van der Waals surface area contributed by atoms with E-state index < -0.39 is 0 Å². The average Bonchev–Trinajstić information content (AvgIpc) is 3.33. The molecule has 1 fully saturated rings. The summed E-state index contributed by atoms with van der Waals surface area (Å²) in [6, 6.07) is 13.9. The van der Waals surface area contributed by atoms with Crippen LogP contribution in [0.15, 0.2) is 48.5 Å². The molecule has 0 unspecified atom stereocenters. The first-order valence-electron chi connectivity index (χ1n) is 9.93. The summed E-state index contributed by atoms with van der Waals surface area (Å²) in [6.07, 6.45) is 0.901. The van der Waals surface area contributed by atoms with Gasteiger partial charge in [-0.2, -0.15) is 0 Å². The van der Waals surface area contributed by atoms with Crippen molar-refractivity contribution in [2.45, 2.75) is 12.3 Å². The summed E-state index contributed by atoms with van der Waals surface area (Å²) < 4.78 is 14.1. The Kier molecular flexibility index (Phi) is 5.83. The van der Waals surface area contributed by atoms with Gasteiger partial charge in [0.25, 0.3) is 5.91 Å². The second kappa shape index (κ2) is 8.53. The molecule has 3 aromatic rings. The van der Waals surface area contributed by atoms with Crippen molar-refractivity contribution in [1.82, 2.24) is 9.80 Å². The second-order valence-corrected chi connectivity index (χ2v) is 8.87. The predicted molar refractivity (Wildman–Crippen MR) is 119 cm³/mol. The highest BCUT2D eigenvalue weighted by Gasteiger charge is 2.31. The summed E-state index contributed by atoms with van der Waals surface area (Å²) in [5.41, 5.74) is 1.69. The molecule has 156 valence electrons. The minimum absolute atomic E-state index is 0.0266. The van der Waals surface area contributed by atoms with Gasteiger partial charge in [-0.05, 0) is 54.2 Å². The topological polar surface area (TPSA) is 52.7 Å². The fraction of sp³-hybridized carbons (Fsp3) is 0.304. The van der Waals surface area contributed by atoms with Gasteiger partial charge in [-0.15, -0.1) is 11.3 Å². The van der Waals surface area contributed by atoms with Crippen molar-refractivity contribution >= 4 is 38.9 Å². The third kappa shape index (κ3) is 4.22. The largest absolute Gasteiger partial charge is 0.344 e. The van der Waals surface area contributed by atoms with Crippen LogP contribution in [0.5, 0.6) is 0 Å². The van der Waals surface area contributed by atoms with Crippen LogP contribution in [0.2, 0.25) is 0 Å². The van der Waals surface area contributed by atoms with Crippen LogP contribution in [0.1, 0.15) is 27.6 Å². The zero-order chi connectivity index (χ0) is 21.3. The van der Waals surface area contributed by atoms with Gasteiger partial charge in [-0.1, -0.05) is 18.2 Å². The average molecular weight is 426 g/mol. The number of hydrogen-bond donors (Lipinski definition) is 1. The fourth-order valence-corrected chi connectivity index (χ4v) is 5.29. The normalized spacial score (nSPS) is 16.7. The molecule has 1 saturated heterocycles. The van der Waals surface area contributed by atoms with Gasteiger partial charge in [-0.25, -0.2) is 4.39 Å². The summed E-state index contributed by atoms with van der Waals surface area (Å²) >= 11 is 1.55. The summed E-state index contributed by atoms with van der Waals surface area (Å²) in [4.78, 5) is 29.8. The Balaban J connectivity index is 1.49. The van der Waals surface area contributed by atoms with Crippen LogP contribution in [-0.2, 0) is 4.79 Å². The fourth-order valence-electron chi connectivity index (χ4n) is 3.98. The molecule has 30 heavy (non-hydrogen) atoms. The molecule has 2 amide bonds. The van der Waals surface area contributed by atoms with E-state index in [1.165, 1.54) is 12.1 Å². The molecule has 7 heteroatoms. The van der Waals surface area contributed by atoms with E-state index in [4.69, 9.17) is 0 Å². The van der Waals surface area contributed by atoms with Crippen molar-refractivity contribution in [2.24, 2.45) is 0 Å². The third-order valence-corrected chi connectivity index (χ3v) is 6.58. The number of thiophene rings is 1. The van der Waals surface area contributed by atoms with Crippen molar-refractivity contribution in [3.05, 3.63) is 64.8 Å². The van der Waals surface area contributed by atoms with Gasteiger partial charge in [-0.3, -0.25) is 14.5 Å². The van der Waals surface area contributed by atoms with Gasteiger partial charge < -0.3 is 10.2 Å². The van der Waals surface area contributed by atoms with E-state index in [-0.39, 0.29) is 30.1 Å². The minimum Gasteiger partial charge on any atom is -0.344 e. The molecule has 0 radical (unpaired) electrons. The Hall–Kier alpha value is -2.77. The highest BCUT2D eigenvalue weighted by molar-refractivity contribution is 7.21. The quantitative estimate of drug-likeness (QED) is 0.668. The van der Waals surface area contributed by atoms with E-state index >= 15 is 0 Å². The molecule has 5 nitrogen and oxygen atoms in total. The number of rotatable bonds is 5. The number of carbonyl (C=O) groups is 2. The number of fused-ring (bicyclic) bond motifs is 1. The highest BCUT2D eigenvalue weighted by atomic mass is 32.1. The molecule has 1 aliphatic heterocycles. The van der Waals surface area contributed by atoms with Gasteiger partial charge >= 0.3 is 0 Å². The molecule has 0 bridgehead atoms. The van der Waals surface area contributed by atoms with Crippen molar-refractivity contribution in [1.29, 1.82) is 0 Å². The predicted octanol–water partition coefficient (Wildman–Crippen LogP) is 4.17. The van der Waals surface area contributed by atoms with Crippen molar-refractivity contribution in [3.63, 3.8) is 0 Å². The Bertz CT molecular complexity index is 1080. The van der Waals surface area contributed by atoms with Crippen molar-refractivity contribution in [2.75, 3.05) is 39.0 Å². The molecule has 1 aliphatic rings. The molecule has 1 atom stereocenters. The Morgan fingerprint density at radius 2 is 1.90 bits per heavy atom. The first-order chi connectivity index (χ1) is 14.4. The molecule has 0 spiro atoms. The number of carbonyl (C=O) groups excluding carboxylic acids is 2. The third-order valence-electron chi connectivity index (χ3n) is 5.41. The summed E-state index contributed by atoms with van der Waals surface area (Å²) in [5.74, 6) is -0.221. The smallest absolute Gasteiger partial charge is 0.263 e. The molecule has 1 aromatic heterocycles. The van der Waals surface area contributed by atoms with E-state index in [0.29, 0.717) is 5.69 Å². The van der Waals surface area contributed by atoms with E-state index in [2.05, 4.69) is 22.3 Å². The maximum atomic E-state index is 13.0. The van der Waals surface area contributed by atoms with E-state index in [1.807, 2.05) is 12.1 Å². The monoisotopic (exact) mass is 425 g/mol. The summed E-state index contributed by atoms with van der Waals surface area (Å²) in [7, 11) is 3.55. The van der Waals surface area contributed by atoms with Crippen LogP contribution in [0, 0.1) is 5.82 Å². The number of hydrogen-bond acceptors (Lipinski definition) is 4. The lowest BCUT2D eigenvalue weighted by Crippen LogP contribution is -2.31. The zero-order valence-corrected chi connectivity index (χ0v) is 17.8. The Morgan fingerprint density at radius 1 is 1.17 bits per heavy atom. The van der Waals surface area contributed by atoms with Gasteiger partial charge in [0.2, 0.25) is 5.91 Å². The maximum absolute atomic E-state index is 13.0. The SMILES string of the molecule is CN(C)C(=O)c1sc2ccccc2c1[C@H]1CCN(CC(=O)Nc2ccc(F)cc2)C1. The van der Waals surface area contributed by atoms with E-state index in [9.17, 15) is 14.0 Å². The molecule has 0 aliphatic carbocycles. The first-order valence-corrected chi connectivity index (χ1v) is 10.7. The molecule has 0 saturated carbocycles. The first kappa shape index (κ1) is 20.5. The molecular formula is C23H24FN3O2S. The highest BCUT2D eigenvalue weighted by Crippen LogP contribution is 2.40. The Morgan fingerprint density at radius 3 is 2.63 bits per heavy atom. The van der Waals surface area contributed by atoms with Crippen LogP contribution in [0.3, 0.4) is 0 Å². The summed E-state index contributed by atoms with van der Waals surface area (Å²) in [6.45, 7) is 1.79. The Labute approximate surface area is 179 Å². The lowest BCUT2D eigenvalue weighted by molar-refractivity contribution is -0.117. The van der Waals surface area contributed by atoms with Crippen LogP contribution in [0.25, 0.3) is 10.1 Å². The summed E-state index contributed by atoms with van der Waals surface area (Å²) in [5, 5.41) is 3.95. The lowest BCUT2D eigenvalue weighted by atomic mass is 9.95. The van der Waals surface area contributed by atoms with Gasteiger partial charge in [0.1, 0.15) is 5.82 Å². The van der Waals surface area contributed by atoms with Gasteiger partial charge in [0.05, 0.1) is 11.4 Å². The zero-order valence-electron chi connectivity index (χ0n) is 17.0. The molecular weight excluding hydrogens is 401 g/mol. The number of halogens is 1. The van der Waals surface area contributed by atoms with Crippen LogP contribution < -0.4 is 5.32 Å². The van der Waals surface area contributed by atoms with Crippen LogP contribution in [-0.4, -0.2) is 55.3 Å². The molecule has 4 rings (SSSR count). The number of nitrogens with one attached hydrogen (secondary N) is 1. The molecule has 2 heterocycles.